The number of carboxylic acids is 1. The second-order valence-electron chi connectivity index (χ2n) is 4.66. The maximum Gasteiger partial charge on any atom is 0.331 e. The van der Waals surface area contributed by atoms with E-state index in [4.69, 9.17) is 0 Å². The summed E-state index contributed by atoms with van der Waals surface area (Å²) in [6.07, 6.45) is 0.252. The van der Waals surface area contributed by atoms with E-state index in [2.05, 4.69) is 5.10 Å². The third-order valence-corrected chi connectivity index (χ3v) is 2.58. The Kier molecular flexibility index (Phi) is 3.55. The Morgan fingerprint density at radius 2 is 2.06 bits per heavy atom. The summed E-state index contributed by atoms with van der Waals surface area (Å²) in [5, 5.41) is 11.5. The highest BCUT2D eigenvalue weighted by Gasteiger charge is 2.37. The van der Waals surface area contributed by atoms with Gasteiger partial charge in [0.25, 0.3) is 11.1 Å². The normalized spacial score (nSPS) is 14.6. The van der Waals surface area contributed by atoms with E-state index >= 15 is 0 Å². The van der Waals surface area contributed by atoms with Crippen LogP contribution in [-0.2, 0) is 10.3 Å². The molecule has 0 saturated heterocycles. The van der Waals surface area contributed by atoms with Crippen molar-refractivity contribution in [3.8, 4) is 0 Å². The number of rotatable bonds is 4. The first kappa shape index (κ1) is 13.2. The minimum absolute atomic E-state index is 0.0757. The van der Waals surface area contributed by atoms with Crippen LogP contribution in [0.4, 0.5) is 0 Å². The van der Waals surface area contributed by atoms with E-state index in [0.29, 0.717) is 0 Å². The molecular weight excluding hydrogens is 224 g/mol. The molecule has 0 amide bonds. The van der Waals surface area contributed by atoms with Crippen molar-refractivity contribution in [3.05, 3.63) is 32.8 Å². The molecule has 0 aliphatic carbocycles. The molecule has 1 rings (SSSR count). The number of H-pyrrole nitrogens is 1. The molecule has 0 aliphatic rings. The van der Waals surface area contributed by atoms with Gasteiger partial charge in [-0.15, -0.1) is 0 Å². The van der Waals surface area contributed by atoms with E-state index in [1.54, 1.807) is 0 Å². The molecule has 6 heteroatoms. The van der Waals surface area contributed by atoms with Crippen molar-refractivity contribution in [2.75, 3.05) is 0 Å². The molecule has 1 aromatic rings. The lowest BCUT2D eigenvalue weighted by atomic mass is 9.91. The maximum atomic E-state index is 11.6. The summed E-state index contributed by atoms with van der Waals surface area (Å²) in [6, 6.07) is 2.15. The van der Waals surface area contributed by atoms with Gasteiger partial charge in [-0.25, -0.2) is 9.48 Å². The second kappa shape index (κ2) is 4.57. The van der Waals surface area contributed by atoms with E-state index in [-0.39, 0.29) is 12.3 Å². The second-order valence-corrected chi connectivity index (χ2v) is 4.66. The van der Waals surface area contributed by atoms with Crippen molar-refractivity contribution in [2.24, 2.45) is 5.92 Å². The van der Waals surface area contributed by atoms with Gasteiger partial charge in [0.05, 0.1) is 0 Å². The molecular formula is C11H16N2O4. The lowest BCUT2D eigenvalue weighted by Gasteiger charge is -2.28. The van der Waals surface area contributed by atoms with Gasteiger partial charge < -0.3 is 5.11 Å². The van der Waals surface area contributed by atoms with Crippen LogP contribution in [0.1, 0.15) is 27.2 Å². The van der Waals surface area contributed by atoms with Crippen LogP contribution in [0.25, 0.3) is 0 Å². The van der Waals surface area contributed by atoms with Gasteiger partial charge in [-0.2, -0.15) is 0 Å². The molecule has 1 heterocycles. The van der Waals surface area contributed by atoms with Crippen LogP contribution in [0, 0.1) is 5.92 Å². The number of aromatic nitrogens is 2. The molecule has 17 heavy (non-hydrogen) atoms. The number of carbonyl (C=O) groups is 1. The molecule has 0 bridgehead atoms. The fraction of sp³-hybridized carbons (Fsp3) is 0.545. The third kappa shape index (κ3) is 2.64. The van der Waals surface area contributed by atoms with E-state index in [1.807, 2.05) is 13.8 Å². The number of nitrogens with zero attached hydrogens (tertiary/aromatic N) is 1. The largest absolute Gasteiger partial charge is 0.479 e. The number of aromatic amines is 1. The van der Waals surface area contributed by atoms with Gasteiger partial charge in [-0.05, 0) is 19.3 Å². The molecule has 0 fully saturated rings. The van der Waals surface area contributed by atoms with Crippen molar-refractivity contribution in [1.29, 1.82) is 0 Å². The van der Waals surface area contributed by atoms with Crippen molar-refractivity contribution >= 4 is 5.97 Å². The molecule has 0 aromatic carbocycles. The molecule has 2 N–H and O–H groups in total. The topological polar surface area (TPSA) is 92.2 Å². The van der Waals surface area contributed by atoms with Gasteiger partial charge in [0.1, 0.15) is 0 Å². The van der Waals surface area contributed by atoms with Gasteiger partial charge in [0.2, 0.25) is 0 Å². The van der Waals surface area contributed by atoms with Crippen LogP contribution in [0.3, 0.4) is 0 Å². The summed E-state index contributed by atoms with van der Waals surface area (Å²) >= 11 is 0. The molecule has 1 unspecified atom stereocenters. The molecule has 6 nitrogen and oxygen atoms in total. The monoisotopic (exact) mass is 240 g/mol. The number of nitrogens with one attached hydrogen (secondary N) is 1. The Morgan fingerprint density at radius 1 is 1.47 bits per heavy atom. The first-order valence-corrected chi connectivity index (χ1v) is 5.33. The fourth-order valence-electron chi connectivity index (χ4n) is 1.86. The van der Waals surface area contributed by atoms with E-state index < -0.39 is 22.6 Å². The molecule has 0 aliphatic heterocycles. The highest BCUT2D eigenvalue weighted by molar-refractivity contribution is 5.76. The lowest BCUT2D eigenvalue weighted by molar-refractivity contribution is -0.148. The first-order chi connectivity index (χ1) is 7.77. The number of aliphatic carboxylic acids is 1. The van der Waals surface area contributed by atoms with E-state index in [9.17, 15) is 19.5 Å². The molecule has 0 radical (unpaired) electrons. The van der Waals surface area contributed by atoms with Gasteiger partial charge in [0.15, 0.2) is 5.54 Å². The van der Waals surface area contributed by atoms with Gasteiger partial charge in [-0.1, -0.05) is 13.8 Å². The minimum Gasteiger partial charge on any atom is -0.479 e. The summed E-state index contributed by atoms with van der Waals surface area (Å²) in [6.45, 7) is 5.13. The van der Waals surface area contributed by atoms with Crippen LogP contribution in [-0.4, -0.2) is 20.9 Å². The Bertz CT molecular complexity index is 529. The minimum atomic E-state index is -1.44. The Labute approximate surface area is 97.9 Å². The third-order valence-electron chi connectivity index (χ3n) is 2.58. The summed E-state index contributed by atoms with van der Waals surface area (Å²) in [4.78, 5) is 34.2. The van der Waals surface area contributed by atoms with Gasteiger partial charge >= 0.3 is 5.97 Å². The van der Waals surface area contributed by atoms with E-state index in [1.165, 1.54) is 6.92 Å². The quantitative estimate of drug-likeness (QED) is 0.795. The summed E-state index contributed by atoms with van der Waals surface area (Å²) in [7, 11) is 0. The zero-order valence-electron chi connectivity index (χ0n) is 10.1. The van der Waals surface area contributed by atoms with Crippen molar-refractivity contribution in [3.63, 3.8) is 0 Å². The predicted octanol–water partition coefficient (Wildman–Crippen LogP) is 0.383. The van der Waals surface area contributed by atoms with Crippen LogP contribution in [0.5, 0.6) is 0 Å². The number of carboxylic acid groups (broad SMARTS) is 1. The average Bonchev–Trinajstić information content (AvgIpc) is 2.20. The standard InChI is InChI=1S/C11H16N2O4/c1-7(2)6-11(3,10(16)17)13-9(15)5-4-8(14)12-13/h4-5,7H,6H2,1-3H3,(H,12,14)(H,16,17). The highest BCUT2D eigenvalue weighted by Crippen LogP contribution is 2.22. The Hall–Kier alpha value is -1.85. The van der Waals surface area contributed by atoms with E-state index in [0.717, 1.165) is 16.8 Å². The fourth-order valence-corrected chi connectivity index (χ4v) is 1.86. The summed E-state index contributed by atoms with van der Waals surface area (Å²) in [5.41, 5.74) is -2.47. The highest BCUT2D eigenvalue weighted by atomic mass is 16.4. The van der Waals surface area contributed by atoms with Crippen LogP contribution < -0.4 is 11.1 Å². The summed E-state index contributed by atoms with van der Waals surface area (Å²) in [5.74, 6) is -1.07. The Morgan fingerprint density at radius 3 is 2.53 bits per heavy atom. The molecule has 1 atom stereocenters. The van der Waals surface area contributed by atoms with Gasteiger partial charge in [0, 0.05) is 12.1 Å². The lowest BCUT2D eigenvalue weighted by Crippen LogP contribution is -2.48. The zero-order chi connectivity index (χ0) is 13.2. The van der Waals surface area contributed by atoms with Crippen LogP contribution in [0.2, 0.25) is 0 Å². The molecule has 94 valence electrons. The van der Waals surface area contributed by atoms with Crippen LogP contribution in [0.15, 0.2) is 21.7 Å². The zero-order valence-corrected chi connectivity index (χ0v) is 10.1. The average molecular weight is 240 g/mol. The predicted molar refractivity (Wildman–Crippen MR) is 62.1 cm³/mol. The number of hydrogen-bond acceptors (Lipinski definition) is 3. The summed E-state index contributed by atoms with van der Waals surface area (Å²) < 4.78 is 0.887. The number of hydrogen-bond donors (Lipinski definition) is 2. The first-order valence-electron chi connectivity index (χ1n) is 5.33. The molecule has 0 saturated carbocycles. The maximum absolute atomic E-state index is 11.6. The van der Waals surface area contributed by atoms with Crippen molar-refractivity contribution in [1.82, 2.24) is 9.78 Å². The smallest absolute Gasteiger partial charge is 0.331 e. The van der Waals surface area contributed by atoms with Crippen LogP contribution >= 0.6 is 0 Å². The van der Waals surface area contributed by atoms with Crippen molar-refractivity contribution in [2.45, 2.75) is 32.7 Å². The van der Waals surface area contributed by atoms with Crippen molar-refractivity contribution < 1.29 is 9.90 Å². The molecule has 0 spiro atoms. The SMILES string of the molecule is CC(C)CC(C)(C(=O)O)n1[nH]c(=O)ccc1=O. The molecule has 1 aromatic heterocycles. The van der Waals surface area contributed by atoms with Gasteiger partial charge in [-0.3, -0.25) is 14.7 Å². The Balaban J connectivity index is 3.42.